The minimum Gasteiger partial charge on any atom is -0.469 e. The van der Waals surface area contributed by atoms with Crippen LogP contribution in [0.4, 0.5) is 0 Å². The van der Waals surface area contributed by atoms with Crippen LogP contribution in [0.15, 0.2) is 27.8 Å². The summed E-state index contributed by atoms with van der Waals surface area (Å²) in [5, 5.41) is 6.50. The van der Waals surface area contributed by atoms with Gasteiger partial charge in [0.2, 0.25) is 0 Å². The average Bonchev–Trinajstić information content (AvgIpc) is 2.80. The van der Waals surface area contributed by atoms with E-state index in [-0.39, 0.29) is 24.0 Å². The predicted molar refractivity (Wildman–Crippen MR) is 82.1 cm³/mol. The van der Waals surface area contributed by atoms with Crippen molar-refractivity contribution < 1.29 is 4.42 Å². The Labute approximate surface area is 120 Å². The van der Waals surface area contributed by atoms with Gasteiger partial charge in [0, 0.05) is 26.6 Å². The lowest BCUT2D eigenvalue weighted by Crippen LogP contribution is -2.38. The number of hydrogen-bond donors (Lipinski definition) is 2. The van der Waals surface area contributed by atoms with E-state index in [0.717, 1.165) is 31.2 Å². The van der Waals surface area contributed by atoms with Crippen molar-refractivity contribution in [2.45, 2.75) is 26.2 Å². The second kappa shape index (κ2) is 10.4. The Balaban J connectivity index is 0.00000256. The minimum absolute atomic E-state index is 0. The molecule has 0 amide bonds. The van der Waals surface area contributed by atoms with Crippen LogP contribution in [0, 0.1) is 0 Å². The summed E-state index contributed by atoms with van der Waals surface area (Å²) in [6, 6.07) is 3.89. The molecule has 1 aromatic heterocycles. The van der Waals surface area contributed by atoms with Gasteiger partial charge in [-0.05, 0) is 18.6 Å². The molecular weight excluding hydrogens is 329 g/mol. The normalized spacial score (nSPS) is 10.8. The van der Waals surface area contributed by atoms with E-state index in [1.807, 2.05) is 12.1 Å². The molecular formula is C12H22IN3O. The molecule has 2 N–H and O–H groups in total. The topological polar surface area (TPSA) is 49.6 Å². The molecule has 0 aliphatic heterocycles. The molecule has 1 aromatic rings. The fourth-order valence-electron chi connectivity index (χ4n) is 1.36. The lowest BCUT2D eigenvalue weighted by molar-refractivity contribution is 0.506. The summed E-state index contributed by atoms with van der Waals surface area (Å²) >= 11 is 0. The zero-order chi connectivity index (χ0) is 11.6. The Morgan fingerprint density at radius 2 is 2.12 bits per heavy atom. The van der Waals surface area contributed by atoms with Crippen LogP contribution >= 0.6 is 24.0 Å². The van der Waals surface area contributed by atoms with Crippen LogP contribution in [0.3, 0.4) is 0 Å². The van der Waals surface area contributed by atoms with Crippen molar-refractivity contribution in [3.05, 3.63) is 24.2 Å². The lowest BCUT2D eigenvalue weighted by Gasteiger charge is -2.10. The van der Waals surface area contributed by atoms with Gasteiger partial charge in [-0.3, -0.25) is 4.99 Å². The molecule has 17 heavy (non-hydrogen) atoms. The van der Waals surface area contributed by atoms with Gasteiger partial charge in [0.1, 0.15) is 5.76 Å². The molecule has 98 valence electrons. The standard InChI is InChI=1S/C12H21N3O.HI/c1-3-4-8-14-12(13-2)15-9-7-11-6-5-10-16-11;/h5-6,10H,3-4,7-9H2,1-2H3,(H2,13,14,15);1H. The quantitative estimate of drug-likeness (QED) is 0.358. The maximum absolute atomic E-state index is 5.25. The SMILES string of the molecule is CCCCNC(=NC)NCCc1ccco1.I. The third-order valence-corrected chi connectivity index (χ3v) is 2.29. The van der Waals surface area contributed by atoms with Crippen molar-refractivity contribution in [2.24, 2.45) is 4.99 Å². The van der Waals surface area contributed by atoms with Crippen molar-refractivity contribution in [1.82, 2.24) is 10.6 Å². The molecule has 0 saturated heterocycles. The third-order valence-electron chi connectivity index (χ3n) is 2.29. The monoisotopic (exact) mass is 351 g/mol. The predicted octanol–water partition coefficient (Wildman–Crippen LogP) is 2.41. The molecule has 4 nitrogen and oxygen atoms in total. The zero-order valence-corrected chi connectivity index (χ0v) is 12.9. The van der Waals surface area contributed by atoms with Gasteiger partial charge in [0.25, 0.3) is 0 Å². The van der Waals surface area contributed by atoms with Crippen LogP contribution in [0.5, 0.6) is 0 Å². The second-order valence-electron chi connectivity index (χ2n) is 3.61. The van der Waals surface area contributed by atoms with Gasteiger partial charge in [0.05, 0.1) is 6.26 Å². The summed E-state index contributed by atoms with van der Waals surface area (Å²) in [6.07, 6.45) is 4.93. The number of rotatable bonds is 6. The molecule has 0 atom stereocenters. The summed E-state index contributed by atoms with van der Waals surface area (Å²) in [7, 11) is 1.79. The van der Waals surface area contributed by atoms with Crippen molar-refractivity contribution in [3.63, 3.8) is 0 Å². The summed E-state index contributed by atoms with van der Waals surface area (Å²) < 4.78 is 5.25. The smallest absolute Gasteiger partial charge is 0.190 e. The largest absolute Gasteiger partial charge is 0.469 e. The van der Waals surface area contributed by atoms with E-state index in [0.29, 0.717) is 0 Å². The molecule has 5 heteroatoms. The number of halogens is 1. The summed E-state index contributed by atoms with van der Waals surface area (Å²) in [5.41, 5.74) is 0. The number of guanidine groups is 1. The highest BCUT2D eigenvalue weighted by Crippen LogP contribution is 1.99. The molecule has 0 bridgehead atoms. The first-order valence-corrected chi connectivity index (χ1v) is 5.83. The van der Waals surface area contributed by atoms with Crippen LogP contribution in [0.1, 0.15) is 25.5 Å². The molecule has 1 rings (SSSR count). The molecule has 1 heterocycles. The fraction of sp³-hybridized carbons (Fsp3) is 0.583. The summed E-state index contributed by atoms with van der Waals surface area (Å²) in [6.45, 7) is 3.98. The number of aliphatic imine (C=N–C) groups is 1. The number of hydrogen-bond acceptors (Lipinski definition) is 2. The molecule has 0 saturated carbocycles. The van der Waals surface area contributed by atoms with Crippen LogP contribution in [-0.2, 0) is 6.42 Å². The fourth-order valence-corrected chi connectivity index (χ4v) is 1.36. The number of nitrogens with one attached hydrogen (secondary N) is 2. The van der Waals surface area contributed by atoms with Crippen molar-refractivity contribution in [2.75, 3.05) is 20.1 Å². The van der Waals surface area contributed by atoms with Gasteiger partial charge in [-0.2, -0.15) is 0 Å². The van der Waals surface area contributed by atoms with E-state index in [4.69, 9.17) is 4.42 Å². The van der Waals surface area contributed by atoms with Gasteiger partial charge in [0.15, 0.2) is 5.96 Å². The summed E-state index contributed by atoms with van der Waals surface area (Å²) in [4.78, 5) is 4.14. The molecule has 0 radical (unpaired) electrons. The zero-order valence-electron chi connectivity index (χ0n) is 10.5. The van der Waals surface area contributed by atoms with E-state index in [2.05, 4.69) is 22.5 Å². The molecule has 0 spiro atoms. The maximum atomic E-state index is 5.25. The Kier molecular flexibility index (Phi) is 9.99. The highest BCUT2D eigenvalue weighted by atomic mass is 127. The van der Waals surface area contributed by atoms with Crippen LogP contribution in [0.25, 0.3) is 0 Å². The van der Waals surface area contributed by atoms with E-state index < -0.39 is 0 Å². The maximum Gasteiger partial charge on any atom is 0.190 e. The van der Waals surface area contributed by atoms with Gasteiger partial charge in [-0.25, -0.2) is 0 Å². The minimum atomic E-state index is 0. The van der Waals surface area contributed by atoms with Gasteiger partial charge < -0.3 is 15.1 Å². The molecule has 0 aliphatic rings. The summed E-state index contributed by atoms with van der Waals surface area (Å²) in [5.74, 6) is 1.86. The van der Waals surface area contributed by atoms with E-state index in [1.54, 1.807) is 13.3 Å². The lowest BCUT2D eigenvalue weighted by atomic mass is 10.3. The molecule has 0 aromatic carbocycles. The van der Waals surface area contributed by atoms with Gasteiger partial charge in [-0.1, -0.05) is 13.3 Å². The van der Waals surface area contributed by atoms with E-state index >= 15 is 0 Å². The van der Waals surface area contributed by atoms with Crippen molar-refractivity contribution in [1.29, 1.82) is 0 Å². The average molecular weight is 351 g/mol. The first-order chi connectivity index (χ1) is 7.86. The van der Waals surface area contributed by atoms with Crippen molar-refractivity contribution >= 4 is 29.9 Å². The Morgan fingerprint density at radius 3 is 2.71 bits per heavy atom. The Morgan fingerprint density at radius 1 is 1.35 bits per heavy atom. The number of furan rings is 1. The van der Waals surface area contributed by atoms with Gasteiger partial charge >= 0.3 is 0 Å². The number of nitrogens with zero attached hydrogens (tertiary/aromatic N) is 1. The first kappa shape index (κ1) is 16.3. The van der Waals surface area contributed by atoms with E-state index in [9.17, 15) is 0 Å². The Hall–Kier alpha value is -0.720. The van der Waals surface area contributed by atoms with E-state index in [1.165, 1.54) is 12.8 Å². The van der Waals surface area contributed by atoms with Crippen LogP contribution in [0.2, 0.25) is 0 Å². The highest BCUT2D eigenvalue weighted by Gasteiger charge is 1.98. The second-order valence-corrected chi connectivity index (χ2v) is 3.61. The Bertz CT molecular complexity index is 299. The highest BCUT2D eigenvalue weighted by molar-refractivity contribution is 14.0. The van der Waals surface area contributed by atoms with Gasteiger partial charge in [-0.15, -0.1) is 24.0 Å². The number of unbranched alkanes of at least 4 members (excludes halogenated alkanes) is 1. The molecule has 0 aliphatic carbocycles. The third kappa shape index (κ3) is 7.25. The first-order valence-electron chi connectivity index (χ1n) is 5.83. The van der Waals surface area contributed by atoms with Crippen LogP contribution in [-0.4, -0.2) is 26.1 Å². The molecule has 0 unspecified atom stereocenters. The van der Waals surface area contributed by atoms with Crippen LogP contribution < -0.4 is 10.6 Å². The van der Waals surface area contributed by atoms with Crippen molar-refractivity contribution in [3.8, 4) is 0 Å². The molecule has 0 fully saturated rings.